The molecule has 1 aromatic rings. The standard InChI is InChI=1S/C2H3N2OP/c1-2-3-4-5-6-2/h1H3. The van der Waals surface area contributed by atoms with Crippen molar-refractivity contribution >= 4 is 8.43 Å². The molecule has 0 unspecified atom stereocenters. The third-order valence-electron chi connectivity index (χ3n) is 0.395. The second kappa shape index (κ2) is 1.35. The highest BCUT2D eigenvalue weighted by Gasteiger charge is 1.81. The predicted molar refractivity (Wildman–Crippen MR) is 21.5 cm³/mol. The largest absolute Gasteiger partial charge is 0.319 e. The summed E-state index contributed by atoms with van der Waals surface area (Å²) in [7, 11) is 0.773. The smallest absolute Gasteiger partial charge is 0.187 e. The lowest BCUT2D eigenvalue weighted by molar-refractivity contribution is 0.472. The first-order valence-electron chi connectivity index (χ1n) is 1.51. The van der Waals surface area contributed by atoms with Gasteiger partial charge in [-0.2, -0.15) is 0 Å². The van der Waals surface area contributed by atoms with Crippen molar-refractivity contribution in [2.45, 2.75) is 6.92 Å². The highest BCUT2D eigenvalue weighted by Crippen LogP contribution is 2.03. The summed E-state index contributed by atoms with van der Waals surface area (Å²) >= 11 is 0. The summed E-state index contributed by atoms with van der Waals surface area (Å²) in [6, 6.07) is 0. The fourth-order valence-electron chi connectivity index (χ4n) is 0.173. The molecule has 0 aliphatic heterocycles. The van der Waals surface area contributed by atoms with Crippen LogP contribution < -0.4 is 0 Å². The molecule has 1 aromatic heterocycles. The van der Waals surface area contributed by atoms with Crippen LogP contribution in [-0.2, 0) is 0 Å². The van der Waals surface area contributed by atoms with E-state index < -0.39 is 0 Å². The van der Waals surface area contributed by atoms with Crippen LogP contribution in [-0.4, -0.2) is 10.4 Å². The quantitative estimate of drug-likeness (QED) is 0.489. The molecule has 1 rings (SSSR count). The van der Waals surface area contributed by atoms with Crippen LogP contribution in [0.25, 0.3) is 0 Å². The van der Waals surface area contributed by atoms with Gasteiger partial charge in [0.15, 0.2) is 8.43 Å². The molecule has 0 radical (unpaired) electrons. The zero-order valence-electron chi connectivity index (χ0n) is 3.25. The van der Waals surface area contributed by atoms with Gasteiger partial charge in [0.25, 0.3) is 0 Å². The van der Waals surface area contributed by atoms with E-state index in [4.69, 9.17) is 0 Å². The molecule has 32 valence electrons. The Balaban J connectivity index is 3.05. The van der Waals surface area contributed by atoms with E-state index in [-0.39, 0.29) is 0 Å². The number of rotatable bonds is 0. The Hall–Kier alpha value is -0.430. The molecule has 0 amide bonds. The first-order chi connectivity index (χ1) is 2.89. The molecule has 1 heterocycles. The number of hydrogen-bond acceptors (Lipinski definition) is 3. The van der Waals surface area contributed by atoms with Gasteiger partial charge in [-0.25, -0.2) is 0 Å². The minimum atomic E-state index is 0.773. The van der Waals surface area contributed by atoms with E-state index in [9.17, 15) is 0 Å². The Bertz CT molecular complexity index is 115. The summed E-state index contributed by atoms with van der Waals surface area (Å²) in [5.74, 6) is 0. The fraction of sp³-hybridized carbons (Fsp3) is 0.500. The minimum Gasteiger partial charge on any atom is -0.319 e. The number of aryl methyl sites for hydroxylation is 1. The van der Waals surface area contributed by atoms with Crippen molar-refractivity contribution in [1.29, 1.82) is 0 Å². The van der Waals surface area contributed by atoms with Crippen LogP contribution in [0.3, 0.4) is 0 Å². The van der Waals surface area contributed by atoms with Crippen LogP contribution in [0.2, 0.25) is 0 Å². The molecule has 0 aliphatic rings. The first kappa shape index (κ1) is 3.75. The molecule has 3 nitrogen and oxygen atoms in total. The topological polar surface area (TPSA) is 38.9 Å². The molecule has 0 aliphatic carbocycles. The van der Waals surface area contributed by atoms with E-state index in [0.717, 1.165) is 13.9 Å². The van der Waals surface area contributed by atoms with Crippen LogP contribution in [0, 0.1) is 6.92 Å². The number of hydrogen-bond donors (Lipinski definition) is 0. The summed E-state index contributed by atoms with van der Waals surface area (Å²) in [5.41, 5.74) is 0.912. The third kappa shape index (κ3) is 0.546. The van der Waals surface area contributed by atoms with Crippen molar-refractivity contribution in [3.63, 3.8) is 0 Å². The lowest BCUT2D eigenvalue weighted by Crippen LogP contribution is -1.63. The number of aromatic nitrogens is 2. The summed E-state index contributed by atoms with van der Waals surface area (Å²) in [4.78, 5) is 0. The third-order valence-corrected chi connectivity index (χ3v) is 0.903. The van der Waals surface area contributed by atoms with Crippen LogP contribution in [0.15, 0.2) is 4.30 Å². The van der Waals surface area contributed by atoms with Crippen molar-refractivity contribution in [2.75, 3.05) is 0 Å². The van der Waals surface area contributed by atoms with Gasteiger partial charge in [0.2, 0.25) is 0 Å². The Morgan fingerprint density at radius 3 is 2.83 bits per heavy atom. The highest BCUT2D eigenvalue weighted by atomic mass is 31.1. The normalized spacial score (nSPS) is 10.2. The molecule has 0 saturated carbocycles. The maximum atomic E-state index is 4.45. The van der Waals surface area contributed by atoms with Crippen LogP contribution in [0.5, 0.6) is 0 Å². The molecule has 0 spiro atoms. The number of nitrogens with zero attached hydrogens (tertiary/aromatic N) is 2. The maximum Gasteiger partial charge on any atom is 0.187 e. The van der Waals surface area contributed by atoms with Gasteiger partial charge in [-0.1, -0.05) is 0 Å². The summed E-state index contributed by atoms with van der Waals surface area (Å²) in [5, 5.41) is 6.78. The van der Waals surface area contributed by atoms with E-state index in [1.807, 2.05) is 6.92 Å². The Morgan fingerprint density at radius 2 is 2.67 bits per heavy atom. The van der Waals surface area contributed by atoms with Crippen molar-refractivity contribution in [3.05, 3.63) is 5.43 Å². The first-order valence-corrected chi connectivity index (χ1v) is 2.32. The van der Waals surface area contributed by atoms with Crippen molar-refractivity contribution in [1.82, 2.24) is 10.4 Å². The summed E-state index contributed by atoms with van der Waals surface area (Å²) in [6.07, 6.45) is 0. The Morgan fingerprint density at radius 1 is 1.83 bits per heavy atom. The molecule has 6 heavy (non-hydrogen) atoms. The van der Waals surface area contributed by atoms with Crippen LogP contribution >= 0.6 is 8.43 Å². The highest BCUT2D eigenvalue weighted by molar-refractivity contribution is 7.23. The van der Waals surface area contributed by atoms with Gasteiger partial charge in [0.05, 0.1) is 0 Å². The lowest BCUT2D eigenvalue weighted by Gasteiger charge is -1.56. The van der Waals surface area contributed by atoms with Gasteiger partial charge in [0.1, 0.15) is 5.43 Å². The van der Waals surface area contributed by atoms with E-state index >= 15 is 0 Å². The van der Waals surface area contributed by atoms with Gasteiger partial charge in [-0.05, 0) is 6.92 Å². The lowest BCUT2D eigenvalue weighted by atomic mass is 10.9. The molecule has 0 saturated heterocycles. The molecule has 4 heteroatoms. The van der Waals surface area contributed by atoms with Gasteiger partial charge in [-0.15, -0.1) is 5.10 Å². The average molecular weight is 102 g/mol. The predicted octanol–water partition coefficient (Wildman–Crippen LogP) is 0.958. The van der Waals surface area contributed by atoms with E-state index in [0.29, 0.717) is 0 Å². The average Bonchev–Trinajstić information content (AvgIpc) is 1.86. The minimum absolute atomic E-state index is 0.773. The fourth-order valence-corrected chi connectivity index (χ4v) is 0.437. The maximum absolute atomic E-state index is 4.45. The van der Waals surface area contributed by atoms with Gasteiger partial charge in [-0.3, -0.25) is 0 Å². The van der Waals surface area contributed by atoms with Gasteiger partial charge < -0.3 is 4.30 Å². The van der Waals surface area contributed by atoms with E-state index in [1.54, 1.807) is 0 Å². The van der Waals surface area contributed by atoms with Crippen LogP contribution in [0.4, 0.5) is 0 Å². The van der Waals surface area contributed by atoms with Crippen molar-refractivity contribution in [3.8, 4) is 0 Å². The summed E-state index contributed by atoms with van der Waals surface area (Å²) in [6.45, 7) is 1.86. The molecule has 0 fully saturated rings. The van der Waals surface area contributed by atoms with Gasteiger partial charge in [0, 0.05) is 5.27 Å². The van der Waals surface area contributed by atoms with E-state index in [2.05, 4.69) is 14.7 Å². The summed E-state index contributed by atoms with van der Waals surface area (Å²) < 4.78 is 4.45. The molecule has 0 N–H and O–H groups in total. The Labute approximate surface area is 36.5 Å². The second-order valence-electron chi connectivity index (χ2n) is 0.902. The molecule has 0 bridgehead atoms. The van der Waals surface area contributed by atoms with Crippen LogP contribution in [0.1, 0.15) is 5.43 Å². The van der Waals surface area contributed by atoms with Crippen molar-refractivity contribution in [2.24, 2.45) is 0 Å². The molecular weight excluding hydrogens is 99.0 g/mol. The zero-order chi connectivity index (χ0) is 4.41. The van der Waals surface area contributed by atoms with Gasteiger partial charge >= 0.3 is 0 Å². The Kier molecular flexibility index (Phi) is 0.843. The monoisotopic (exact) mass is 102 g/mol. The van der Waals surface area contributed by atoms with Crippen molar-refractivity contribution < 1.29 is 4.30 Å². The molecular formula is C2H3N2OP. The van der Waals surface area contributed by atoms with E-state index in [1.165, 1.54) is 0 Å². The zero-order valence-corrected chi connectivity index (χ0v) is 4.14. The molecule has 0 aromatic carbocycles. The second-order valence-corrected chi connectivity index (χ2v) is 1.89. The SMILES string of the molecule is Cc1nnop1. The molecule has 0 atom stereocenters.